The number of nitrogens with zero attached hydrogens (tertiary/aromatic N) is 4. The van der Waals surface area contributed by atoms with E-state index >= 15 is 0 Å². The van der Waals surface area contributed by atoms with E-state index in [2.05, 4.69) is 43.2 Å². The van der Waals surface area contributed by atoms with Crippen LogP contribution in [0, 0.1) is 0 Å². The third kappa shape index (κ3) is 4.09. The Bertz CT molecular complexity index is 1310. The second-order valence-electron chi connectivity index (χ2n) is 7.01. The predicted octanol–water partition coefficient (Wildman–Crippen LogP) is 4.05. The lowest BCUT2D eigenvalue weighted by molar-refractivity contribution is 0.0955. The van der Waals surface area contributed by atoms with Gasteiger partial charge in [-0.05, 0) is 36.8 Å². The number of nitrogens with one attached hydrogen (secondary N) is 1. The zero-order valence-electron chi connectivity index (χ0n) is 16.8. The van der Waals surface area contributed by atoms with Crippen LogP contribution in [0.3, 0.4) is 0 Å². The number of aromatic nitrogens is 3. The van der Waals surface area contributed by atoms with Crippen molar-refractivity contribution in [2.24, 2.45) is 5.10 Å². The summed E-state index contributed by atoms with van der Waals surface area (Å²) >= 11 is 3.38. The lowest BCUT2D eigenvalue weighted by Crippen LogP contribution is -2.25. The molecule has 31 heavy (non-hydrogen) atoms. The Morgan fingerprint density at radius 1 is 1.26 bits per heavy atom. The van der Waals surface area contributed by atoms with Crippen LogP contribution in [0.15, 0.2) is 52.0 Å². The number of fused-ring (bicyclic) bond motifs is 2. The molecule has 0 fully saturated rings. The number of nitrogen functional groups attached to an aromatic ring is 1. The summed E-state index contributed by atoms with van der Waals surface area (Å²) in [5.74, 6) is -0.124. The van der Waals surface area contributed by atoms with Crippen molar-refractivity contribution in [1.82, 2.24) is 20.0 Å². The molecule has 0 aliphatic rings. The van der Waals surface area contributed by atoms with Crippen LogP contribution in [-0.4, -0.2) is 38.4 Å². The van der Waals surface area contributed by atoms with Crippen LogP contribution >= 0.6 is 15.9 Å². The summed E-state index contributed by atoms with van der Waals surface area (Å²) in [6.07, 6.45) is 3.28. The smallest absolute Gasteiger partial charge is 0.257 e. The number of hydrogen-bond donors (Lipinski definition) is 3. The van der Waals surface area contributed by atoms with Gasteiger partial charge in [-0.3, -0.25) is 4.79 Å². The molecule has 0 radical (unpaired) electrons. The monoisotopic (exact) mass is 480 g/mol. The Morgan fingerprint density at radius 2 is 2.00 bits per heavy atom. The number of unbranched alkanes of at least 4 members (excludes halogenated alkanes) is 1. The number of carbonyl (C=O) groups excluding carboxylic acids is 1. The highest BCUT2D eigenvalue weighted by Gasteiger charge is 2.23. The van der Waals surface area contributed by atoms with Gasteiger partial charge in [-0.2, -0.15) is 9.78 Å². The van der Waals surface area contributed by atoms with Crippen molar-refractivity contribution in [2.45, 2.75) is 19.8 Å². The van der Waals surface area contributed by atoms with Crippen molar-refractivity contribution in [3.8, 4) is 5.75 Å². The Morgan fingerprint density at radius 3 is 2.74 bits per heavy atom. The molecular formula is C22H21BrN6O2. The van der Waals surface area contributed by atoms with Crippen molar-refractivity contribution in [1.29, 1.82) is 0 Å². The van der Waals surface area contributed by atoms with Crippen LogP contribution in [-0.2, 0) is 0 Å². The third-order valence-corrected chi connectivity index (χ3v) is 5.31. The number of aromatic hydroxyl groups is 1. The molecule has 0 atom stereocenters. The molecule has 1 amide bonds. The van der Waals surface area contributed by atoms with E-state index in [1.54, 1.807) is 18.2 Å². The minimum atomic E-state index is -0.320. The quantitative estimate of drug-likeness (QED) is 0.284. The number of nitrogens with two attached hydrogens (primary N) is 1. The molecule has 8 nitrogen and oxygen atoms in total. The zero-order valence-corrected chi connectivity index (χ0v) is 18.4. The average Bonchev–Trinajstić information content (AvgIpc) is 3.03. The van der Waals surface area contributed by atoms with Crippen LogP contribution in [0.2, 0.25) is 0 Å². The first kappa shape index (κ1) is 20.8. The summed E-state index contributed by atoms with van der Waals surface area (Å²) in [6.45, 7) is 2.59. The van der Waals surface area contributed by atoms with E-state index in [0.29, 0.717) is 34.3 Å². The second kappa shape index (κ2) is 8.73. The van der Waals surface area contributed by atoms with Gasteiger partial charge in [0.2, 0.25) is 0 Å². The highest BCUT2D eigenvalue weighted by atomic mass is 79.9. The minimum Gasteiger partial charge on any atom is -0.507 e. The van der Waals surface area contributed by atoms with Crippen molar-refractivity contribution in [3.63, 3.8) is 0 Å². The summed E-state index contributed by atoms with van der Waals surface area (Å²) in [4.78, 5) is 22.2. The van der Waals surface area contributed by atoms with E-state index in [1.165, 1.54) is 10.9 Å². The fourth-order valence-corrected chi connectivity index (χ4v) is 3.58. The van der Waals surface area contributed by atoms with Crippen LogP contribution in [0.25, 0.3) is 22.2 Å². The number of carbonyl (C=O) groups is 1. The maximum Gasteiger partial charge on any atom is 0.257 e. The minimum absolute atomic E-state index is 0.0658. The Labute approximate surface area is 186 Å². The molecular weight excluding hydrogens is 460 g/mol. The van der Waals surface area contributed by atoms with E-state index in [-0.39, 0.29) is 23.0 Å². The van der Waals surface area contributed by atoms with Crippen LogP contribution < -0.4 is 11.1 Å². The van der Waals surface area contributed by atoms with E-state index in [1.807, 2.05) is 24.3 Å². The summed E-state index contributed by atoms with van der Waals surface area (Å²) in [5.41, 5.74) is 9.13. The maximum absolute atomic E-state index is 12.9. The number of para-hydroxylation sites is 2. The molecule has 9 heteroatoms. The van der Waals surface area contributed by atoms with Gasteiger partial charge in [0.25, 0.3) is 5.91 Å². The largest absolute Gasteiger partial charge is 0.507 e. The van der Waals surface area contributed by atoms with E-state index in [9.17, 15) is 9.90 Å². The first-order chi connectivity index (χ1) is 15.0. The Balaban J connectivity index is 1.88. The molecule has 0 aliphatic carbocycles. The first-order valence-corrected chi connectivity index (χ1v) is 10.7. The molecule has 0 spiro atoms. The normalized spacial score (nSPS) is 11.5. The van der Waals surface area contributed by atoms with E-state index in [0.717, 1.165) is 17.3 Å². The van der Waals surface area contributed by atoms with Crippen molar-refractivity contribution >= 4 is 56.1 Å². The van der Waals surface area contributed by atoms with Crippen molar-refractivity contribution < 1.29 is 9.90 Å². The zero-order chi connectivity index (χ0) is 22.0. The Hall–Kier alpha value is -3.46. The number of phenolic OH excluding ortho intramolecular Hbond substituents is 1. The predicted molar refractivity (Wildman–Crippen MR) is 125 cm³/mol. The number of hydrogen-bond acceptors (Lipinski definition) is 6. The molecule has 0 bridgehead atoms. The molecule has 0 saturated carbocycles. The van der Waals surface area contributed by atoms with Gasteiger partial charge in [0.05, 0.1) is 17.2 Å². The second-order valence-corrected chi connectivity index (χ2v) is 7.93. The highest BCUT2D eigenvalue weighted by Crippen LogP contribution is 2.28. The summed E-state index contributed by atoms with van der Waals surface area (Å²) in [5, 5.41) is 17.4. The summed E-state index contributed by atoms with van der Waals surface area (Å²) < 4.78 is 2.17. The number of anilines is 1. The fraction of sp³-hybridized carbons (Fsp3) is 0.182. The summed E-state index contributed by atoms with van der Waals surface area (Å²) in [6, 6.07) is 12.4. The standard InChI is InChI=1S/C22H21BrN6O2/c1-2-3-10-25-22(31)18-19-21(28-16-7-5-4-6-15(16)27-19)29(20(18)24)26-12-13-11-14(23)8-9-17(13)30/h4-9,11-12,30H,2-3,10,24H2,1H3,(H,25,31). The molecule has 2 aromatic heterocycles. The molecule has 158 valence electrons. The molecule has 0 unspecified atom stereocenters. The van der Waals surface area contributed by atoms with Crippen molar-refractivity contribution in [3.05, 3.63) is 58.1 Å². The van der Waals surface area contributed by atoms with Gasteiger partial charge >= 0.3 is 0 Å². The van der Waals surface area contributed by atoms with Gasteiger partial charge in [-0.1, -0.05) is 41.4 Å². The number of rotatable bonds is 6. The van der Waals surface area contributed by atoms with Gasteiger partial charge in [0.15, 0.2) is 5.65 Å². The fourth-order valence-electron chi connectivity index (χ4n) is 3.20. The molecule has 4 aromatic rings. The van der Waals surface area contributed by atoms with Gasteiger partial charge in [0, 0.05) is 16.6 Å². The SMILES string of the molecule is CCCCNC(=O)c1c(N)n(N=Cc2cc(Br)ccc2O)c2nc3ccccc3nc12. The van der Waals surface area contributed by atoms with Gasteiger partial charge in [-0.25, -0.2) is 9.97 Å². The van der Waals surface area contributed by atoms with Gasteiger partial charge in [-0.15, -0.1) is 0 Å². The molecule has 4 rings (SSSR count). The topological polar surface area (TPSA) is 118 Å². The average molecular weight is 481 g/mol. The lowest BCUT2D eigenvalue weighted by Gasteiger charge is -2.04. The van der Waals surface area contributed by atoms with Gasteiger partial charge < -0.3 is 16.2 Å². The molecule has 2 aromatic carbocycles. The van der Waals surface area contributed by atoms with Crippen LogP contribution in [0.4, 0.5) is 5.82 Å². The Kier molecular flexibility index (Phi) is 5.85. The van der Waals surface area contributed by atoms with E-state index < -0.39 is 0 Å². The number of phenols is 1. The molecule has 0 aliphatic heterocycles. The van der Waals surface area contributed by atoms with Gasteiger partial charge in [0.1, 0.15) is 22.6 Å². The lowest BCUT2D eigenvalue weighted by atomic mass is 10.2. The number of halogens is 1. The first-order valence-electron chi connectivity index (χ1n) is 9.87. The van der Waals surface area contributed by atoms with Crippen molar-refractivity contribution in [2.75, 3.05) is 12.3 Å². The highest BCUT2D eigenvalue weighted by molar-refractivity contribution is 9.10. The molecule has 4 N–H and O–H groups in total. The molecule has 0 saturated heterocycles. The number of amides is 1. The van der Waals surface area contributed by atoms with Crippen LogP contribution in [0.5, 0.6) is 5.75 Å². The van der Waals surface area contributed by atoms with Crippen LogP contribution in [0.1, 0.15) is 35.7 Å². The third-order valence-electron chi connectivity index (χ3n) is 4.82. The summed E-state index contributed by atoms with van der Waals surface area (Å²) in [7, 11) is 0. The maximum atomic E-state index is 12.9. The van der Waals surface area contributed by atoms with E-state index in [4.69, 9.17) is 5.73 Å². The molecule has 2 heterocycles. The number of benzene rings is 2.